The molecule has 7 nitrogen and oxygen atoms in total. The summed E-state index contributed by atoms with van der Waals surface area (Å²) in [5, 5.41) is 10.3. The molecule has 0 amide bonds. The Labute approximate surface area is 154 Å². The summed E-state index contributed by atoms with van der Waals surface area (Å²) in [6.45, 7) is 0.372. The molecule has 0 saturated carbocycles. The fourth-order valence-electron chi connectivity index (χ4n) is 2.25. The van der Waals surface area contributed by atoms with Gasteiger partial charge in [-0.25, -0.2) is 0 Å². The van der Waals surface area contributed by atoms with E-state index in [4.69, 9.17) is 21.7 Å². The number of hydrogen-bond acceptors (Lipinski definition) is 6. The maximum Gasteiger partial charge on any atom is 0.293 e. The van der Waals surface area contributed by atoms with E-state index in [1.165, 1.54) is 6.21 Å². The molecule has 0 spiro atoms. The monoisotopic (exact) mass is 368 g/mol. The van der Waals surface area contributed by atoms with Crippen LogP contribution in [0.2, 0.25) is 0 Å². The minimum absolute atomic E-state index is 0.100. The summed E-state index contributed by atoms with van der Waals surface area (Å²) in [7, 11) is 1.56. The zero-order valence-electron chi connectivity index (χ0n) is 14.0. The topological polar surface area (TPSA) is 81.5 Å². The first-order valence-electron chi connectivity index (χ1n) is 7.74. The van der Waals surface area contributed by atoms with E-state index in [2.05, 4.69) is 15.3 Å². The van der Waals surface area contributed by atoms with Crippen LogP contribution >= 0.6 is 12.2 Å². The third-order valence-corrected chi connectivity index (χ3v) is 3.77. The molecule has 0 unspecified atom stereocenters. The zero-order chi connectivity index (χ0) is 18.4. The smallest absolute Gasteiger partial charge is 0.293 e. The summed E-state index contributed by atoms with van der Waals surface area (Å²) in [6.07, 6.45) is 2.60. The van der Waals surface area contributed by atoms with Crippen molar-refractivity contribution in [3.63, 3.8) is 0 Å². The first-order chi connectivity index (χ1) is 12.7. The van der Waals surface area contributed by atoms with Crippen LogP contribution < -0.4 is 15.0 Å². The van der Waals surface area contributed by atoms with E-state index < -0.39 is 5.56 Å². The number of aromatic nitrogens is 3. The molecule has 0 aliphatic heterocycles. The normalized spacial score (nSPS) is 10.8. The van der Waals surface area contributed by atoms with Crippen LogP contribution in [0.15, 0.2) is 64.6 Å². The summed E-state index contributed by atoms with van der Waals surface area (Å²) in [5.41, 5.74) is 1.24. The Hall–Kier alpha value is -3.26. The quantitative estimate of drug-likeness (QED) is 0.534. The van der Waals surface area contributed by atoms with Crippen LogP contribution in [-0.2, 0) is 6.61 Å². The third-order valence-electron chi connectivity index (χ3n) is 3.50. The molecule has 1 aromatic heterocycles. The number of methoxy groups -OCH3 is 1. The Balaban J connectivity index is 1.93. The minimum atomic E-state index is -0.431. The predicted molar refractivity (Wildman–Crippen MR) is 100 cm³/mol. The Morgan fingerprint density at radius 3 is 2.77 bits per heavy atom. The standard InChI is InChI=1S/C18H16N4O3S/c1-24-15-9-5-8-14(10-20-22-16(23)11-19-21-18(22)26)17(15)25-12-13-6-3-2-4-7-13/h2-11H,12H2,1H3,(H,21,26)/b20-10-. The molecule has 1 heterocycles. The van der Waals surface area contributed by atoms with E-state index in [1.807, 2.05) is 42.5 Å². The number of benzene rings is 2. The van der Waals surface area contributed by atoms with Crippen molar-refractivity contribution in [3.05, 3.63) is 81.0 Å². The highest BCUT2D eigenvalue weighted by atomic mass is 32.1. The van der Waals surface area contributed by atoms with E-state index in [9.17, 15) is 4.79 Å². The molecule has 0 radical (unpaired) electrons. The molecule has 132 valence electrons. The van der Waals surface area contributed by atoms with Gasteiger partial charge in [0.05, 0.1) is 13.3 Å². The van der Waals surface area contributed by atoms with E-state index in [-0.39, 0.29) is 4.77 Å². The number of aromatic amines is 1. The number of H-pyrrole nitrogens is 1. The Bertz CT molecular complexity index is 1000. The SMILES string of the molecule is COc1cccc(/C=N\n2c(=O)cn[nH]c2=S)c1OCc1ccccc1. The van der Waals surface area contributed by atoms with Gasteiger partial charge < -0.3 is 9.47 Å². The molecule has 3 rings (SSSR count). The van der Waals surface area contributed by atoms with Crippen molar-refractivity contribution in [2.24, 2.45) is 5.10 Å². The summed E-state index contributed by atoms with van der Waals surface area (Å²) < 4.78 is 12.5. The third kappa shape index (κ3) is 4.04. The Morgan fingerprint density at radius 1 is 1.23 bits per heavy atom. The van der Waals surface area contributed by atoms with Crippen LogP contribution in [0, 0.1) is 4.77 Å². The number of para-hydroxylation sites is 1. The molecule has 0 fully saturated rings. The molecular weight excluding hydrogens is 352 g/mol. The largest absolute Gasteiger partial charge is 0.493 e. The average molecular weight is 368 g/mol. The Morgan fingerprint density at radius 2 is 2.04 bits per heavy atom. The second-order valence-electron chi connectivity index (χ2n) is 5.22. The van der Waals surface area contributed by atoms with Gasteiger partial charge in [0.2, 0.25) is 4.77 Å². The lowest BCUT2D eigenvalue weighted by Gasteiger charge is -2.13. The van der Waals surface area contributed by atoms with E-state index in [0.29, 0.717) is 23.7 Å². The average Bonchev–Trinajstić information content (AvgIpc) is 2.67. The number of rotatable bonds is 6. The van der Waals surface area contributed by atoms with Crippen molar-refractivity contribution in [2.75, 3.05) is 7.11 Å². The van der Waals surface area contributed by atoms with Crippen LogP contribution in [0.25, 0.3) is 0 Å². The lowest BCUT2D eigenvalue weighted by Crippen LogP contribution is -2.18. The molecule has 3 aromatic rings. The van der Waals surface area contributed by atoms with E-state index in [0.717, 1.165) is 16.4 Å². The van der Waals surface area contributed by atoms with Crippen molar-refractivity contribution in [1.29, 1.82) is 0 Å². The van der Waals surface area contributed by atoms with Crippen LogP contribution in [-0.4, -0.2) is 28.2 Å². The van der Waals surface area contributed by atoms with Crippen LogP contribution in [0.1, 0.15) is 11.1 Å². The summed E-state index contributed by atoms with van der Waals surface area (Å²) in [5.74, 6) is 1.09. The number of hydrogen-bond donors (Lipinski definition) is 1. The van der Waals surface area contributed by atoms with Crippen molar-refractivity contribution >= 4 is 18.4 Å². The molecule has 0 aliphatic rings. The first-order valence-corrected chi connectivity index (χ1v) is 8.14. The Kier molecular flexibility index (Phi) is 5.55. The van der Waals surface area contributed by atoms with Crippen molar-refractivity contribution in [2.45, 2.75) is 6.61 Å². The van der Waals surface area contributed by atoms with E-state index >= 15 is 0 Å². The fraction of sp³-hybridized carbons (Fsp3) is 0.111. The van der Waals surface area contributed by atoms with Crippen LogP contribution in [0.3, 0.4) is 0 Å². The van der Waals surface area contributed by atoms with Gasteiger partial charge in [0, 0.05) is 5.56 Å². The number of nitrogens with zero attached hydrogens (tertiary/aromatic N) is 3. The maximum atomic E-state index is 11.8. The summed E-state index contributed by atoms with van der Waals surface area (Å²) in [6, 6.07) is 15.2. The van der Waals surface area contributed by atoms with Crippen LogP contribution in [0.4, 0.5) is 0 Å². The molecule has 2 aromatic carbocycles. The lowest BCUT2D eigenvalue weighted by molar-refractivity contribution is 0.284. The van der Waals surface area contributed by atoms with Crippen molar-refractivity contribution in [1.82, 2.24) is 14.9 Å². The summed E-state index contributed by atoms with van der Waals surface area (Å²) >= 11 is 5.03. The van der Waals surface area contributed by atoms with Gasteiger partial charge in [-0.15, -0.1) is 0 Å². The van der Waals surface area contributed by atoms with Gasteiger partial charge in [-0.3, -0.25) is 9.89 Å². The highest BCUT2D eigenvalue weighted by molar-refractivity contribution is 7.71. The fourth-order valence-corrected chi connectivity index (χ4v) is 2.44. The van der Waals surface area contributed by atoms with Gasteiger partial charge in [-0.2, -0.15) is 14.9 Å². The predicted octanol–water partition coefficient (Wildman–Crippen LogP) is 2.77. The zero-order valence-corrected chi connectivity index (χ0v) is 14.8. The second-order valence-corrected chi connectivity index (χ2v) is 5.61. The molecule has 1 N–H and O–H groups in total. The van der Waals surface area contributed by atoms with Gasteiger partial charge in [0.1, 0.15) is 12.8 Å². The van der Waals surface area contributed by atoms with Gasteiger partial charge in [-0.05, 0) is 29.9 Å². The van der Waals surface area contributed by atoms with Gasteiger partial charge in [0.25, 0.3) is 5.56 Å². The molecule has 26 heavy (non-hydrogen) atoms. The first kappa shape index (κ1) is 17.6. The van der Waals surface area contributed by atoms with Crippen LogP contribution in [0.5, 0.6) is 11.5 Å². The lowest BCUT2D eigenvalue weighted by atomic mass is 10.2. The van der Waals surface area contributed by atoms with E-state index in [1.54, 1.807) is 13.2 Å². The molecule has 0 bridgehead atoms. The highest BCUT2D eigenvalue weighted by Gasteiger charge is 2.10. The summed E-state index contributed by atoms with van der Waals surface area (Å²) in [4.78, 5) is 11.8. The molecule has 0 saturated heterocycles. The number of ether oxygens (including phenoxy) is 2. The van der Waals surface area contributed by atoms with Gasteiger partial charge >= 0.3 is 0 Å². The number of nitrogens with one attached hydrogen (secondary N) is 1. The van der Waals surface area contributed by atoms with Crippen molar-refractivity contribution in [3.8, 4) is 11.5 Å². The highest BCUT2D eigenvalue weighted by Crippen LogP contribution is 2.30. The second kappa shape index (κ2) is 8.21. The van der Waals surface area contributed by atoms with Gasteiger partial charge in [0.15, 0.2) is 11.5 Å². The molecule has 0 atom stereocenters. The minimum Gasteiger partial charge on any atom is -0.493 e. The maximum absolute atomic E-state index is 11.8. The molecule has 0 aliphatic carbocycles. The molecule has 8 heteroatoms. The van der Waals surface area contributed by atoms with Gasteiger partial charge in [-0.1, -0.05) is 36.4 Å². The van der Waals surface area contributed by atoms with Crippen molar-refractivity contribution < 1.29 is 9.47 Å². The molecular formula is C18H16N4O3S.